The number of hydrogen-bond donors (Lipinski definition) is 0. The highest BCUT2D eigenvalue weighted by molar-refractivity contribution is 5.90. The van der Waals surface area contributed by atoms with Gasteiger partial charge in [-0.25, -0.2) is 4.79 Å². The van der Waals surface area contributed by atoms with Crippen molar-refractivity contribution in [2.45, 2.75) is 37.9 Å². The molecule has 0 aromatic heterocycles. The molecule has 0 saturated carbocycles. The zero-order valence-electron chi connectivity index (χ0n) is 11.8. The molecule has 0 N–H and O–H groups in total. The Morgan fingerprint density at radius 2 is 1.61 bits per heavy atom. The van der Waals surface area contributed by atoms with E-state index in [1.165, 1.54) is 0 Å². The number of carbonyl (C=O) groups excluding carboxylic acids is 1. The second-order valence-electron chi connectivity index (χ2n) is 5.20. The summed E-state index contributed by atoms with van der Waals surface area (Å²) in [6.07, 6.45) is -10.6. The molecule has 0 amide bonds. The third kappa shape index (κ3) is 4.37. The lowest BCUT2D eigenvalue weighted by Crippen LogP contribution is -2.20. The minimum absolute atomic E-state index is 0.0441. The topological polar surface area (TPSA) is 35.5 Å². The molecule has 0 aliphatic carbocycles. The standard InChI is InChI=1S/C14H12F6O3/c1-7-2-11(6-22-7)23-12(21)8-3-9(13(15,16)17)5-10(4-8)14(18,19)20/h3-5,7,11H,2,6H2,1H3/t7-,11-/m0/s1. The summed E-state index contributed by atoms with van der Waals surface area (Å²) in [6, 6.07) is 0.644. The Bertz CT molecular complexity index is 561. The fourth-order valence-electron chi connectivity index (χ4n) is 2.15. The summed E-state index contributed by atoms with van der Waals surface area (Å²) >= 11 is 0. The maximum absolute atomic E-state index is 12.7. The number of carbonyl (C=O) groups is 1. The van der Waals surface area contributed by atoms with E-state index in [-0.39, 0.29) is 18.8 Å². The van der Waals surface area contributed by atoms with Gasteiger partial charge in [-0.05, 0) is 25.1 Å². The summed E-state index contributed by atoms with van der Waals surface area (Å²) in [7, 11) is 0. The third-order valence-corrected chi connectivity index (χ3v) is 3.26. The van der Waals surface area contributed by atoms with E-state index < -0.39 is 41.1 Å². The van der Waals surface area contributed by atoms with Gasteiger partial charge in [-0.1, -0.05) is 0 Å². The number of benzene rings is 1. The Balaban J connectivity index is 2.31. The molecule has 2 rings (SSSR count). The van der Waals surface area contributed by atoms with Crippen LogP contribution in [0.2, 0.25) is 0 Å². The Morgan fingerprint density at radius 1 is 1.09 bits per heavy atom. The van der Waals surface area contributed by atoms with Gasteiger partial charge in [0.05, 0.1) is 29.4 Å². The number of hydrogen-bond acceptors (Lipinski definition) is 3. The summed E-state index contributed by atoms with van der Waals surface area (Å²) in [5, 5.41) is 0. The lowest BCUT2D eigenvalue weighted by molar-refractivity contribution is -0.143. The van der Waals surface area contributed by atoms with Gasteiger partial charge in [0.2, 0.25) is 0 Å². The molecule has 0 radical (unpaired) electrons. The molecule has 128 valence electrons. The second-order valence-corrected chi connectivity index (χ2v) is 5.20. The van der Waals surface area contributed by atoms with Gasteiger partial charge >= 0.3 is 18.3 Å². The van der Waals surface area contributed by atoms with E-state index >= 15 is 0 Å². The van der Waals surface area contributed by atoms with Crippen LogP contribution in [0.3, 0.4) is 0 Å². The zero-order valence-corrected chi connectivity index (χ0v) is 11.8. The maximum Gasteiger partial charge on any atom is 0.416 e. The van der Waals surface area contributed by atoms with Crippen molar-refractivity contribution in [2.75, 3.05) is 6.61 Å². The highest BCUT2D eigenvalue weighted by Crippen LogP contribution is 2.36. The minimum Gasteiger partial charge on any atom is -0.456 e. The van der Waals surface area contributed by atoms with Crippen LogP contribution in [0.15, 0.2) is 18.2 Å². The zero-order chi connectivity index (χ0) is 17.4. The lowest BCUT2D eigenvalue weighted by Gasteiger charge is -2.15. The first-order valence-corrected chi connectivity index (χ1v) is 6.59. The van der Waals surface area contributed by atoms with E-state index in [9.17, 15) is 31.1 Å². The normalized spacial score (nSPS) is 22.2. The molecule has 3 nitrogen and oxygen atoms in total. The van der Waals surface area contributed by atoms with Crippen molar-refractivity contribution >= 4 is 5.97 Å². The van der Waals surface area contributed by atoms with Crippen LogP contribution in [0.1, 0.15) is 34.8 Å². The molecule has 1 aromatic rings. The van der Waals surface area contributed by atoms with Gasteiger partial charge in [0.1, 0.15) is 6.10 Å². The molecular weight excluding hydrogens is 330 g/mol. The monoisotopic (exact) mass is 342 g/mol. The molecule has 1 fully saturated rings. The predicted molar refractivity (Wildman–Crippen MR) is 65.7 cm³/mol. The van der Waals surface area contributed by atoms with Gasteiger partial charge in [0, 0.05) is 6.42 Å². The first kappa shape index (κ1) is 17.6. The van der Waals surface area contributed by atoms with E-state index in [4.69, 9.17) is 9.47 Å². The SMILES string of the molecule is C[C@H]1C[C@H](OC(=O)c2cc(C(F)(F)F)cc(C(F)(F)F)c2)CO1. The number of rotatable bonds is 2. The highest BCUT2D eigenvalue weighted by Gasteiger charge is 2.38. The van der Waals surface area contributed by atoms with Crippen molar-refractivity contribution in [3.8, 4) is 0 Å². The molecule has 1 aliphatic heterocycles. The van der Waals surface area contributed by atoms with Gasteiger partial charge in [-0.15, -0.1) is 0 Å². The summed E-state index contributed by atoms with van der Waals surface area (Å²) in [4.78, 5) is 11.9. The van der Waals surface area contributed by atoms with Crippen LogP contribution >= 0.6 is 0 Å². The molecular formula is C14H12F6O3. The summed E-state index contributed by atoms with van der Waals surface area (Å²) in [6.45, 7) is 1.76. The van der Waals surface area contributed by atoms with Crippen LogP contribution in [0.25, 0.3) is 0 Å². The van der Waals surface area contributed by atoms with Crippen molar-refractivity contribution < 1.29 is 40.6 Å². The van der Waals surface area contributed by atoms with Crippen molar-refractivity contribution in [3.63, 3.8) is 0 Å². The molecule has 0 unspecified atom stereocenters. The molecule has 23 heavy (non-hydrogen) atoms. The summed E-state index contributed by atoms with van der Waals surface area (Å²) < 4.78 is 86.3. The van der Waals surface area contributed by atoms with Crippen LogP contribution < -0.4 is 0 Å². The Morgan fingerprint density at radius 3 is 2.00 bits per heavy atom. The van der Waals surface area contributed by atoms with Crippen LogP contribution in [-0.4, -0.2) is 24.8 Å². The molecule has 0 bridgehead atoms. The van der Waals surface area contributed by atoms with Crippen LogP contribution in [0.4, 0.5) is 26.3 Å². The predicted octanol–water partition coefficient (Wildman–Crippen LogP) is 4.06. The van der Waals surface area contributed by atoms with Gasteiger partial charge in [-0.2, -0.15) is 26.3 Å². The van der Waals surface area contributed by atoms with Crippen LogP contribution in [-0.2, 0) is 21.8 Å². The summed E-state index contributed by atoms with van der Waals surface area (Å²) in [5.74, 6) is -1.25. The van der Waals surface area contributed by atoms with E-state index in [1.54, 1.807) is 6.92 Å². The van der Waals surface area contributed by atoms with E-state index in [1.807, 2.05) is 0 Å². The van der Waals surface area contributed by atoms with Gasteiger partial charge in [0.15, 0.2) is 0 Å². The van der Waals surface area contributed by atoms with E-state index in [0.717, 1.165) is 0 Å². The van der Waals surface area contributed by atoms with E-state index in [0.29, 0.717) is 18.6 Å². The van der Waals surface area contributed by atoms with Crippen molar-refractivity contribution in [3.05, 3.63) is 34.9 Å². The third-order valence-electron chi connectivity index (χ3n) is 3.26. The Labute approximate surface area is 127 Å². The number of halogens is 6. The number of ether oxygens (including phenoxy) is 2. The second kappa shape index (κ2) is 6.03. The van der Waals surface area contributed by atoms with E-state index in [2.05, 4.69) is 0 Å². The molecule has 1 heterocycles. The highest BCUT2D eigenvalue weighted by atomic mass is 19.4. The number of alkyl halides is 6. The average molecular weight is 342 g/mol. The molecule has 1 aromatic carbocycles. The number of esters is 1. The Hall–Kier alpha value is -1.77. The largest absolute Gasteiger partial charge is 0.456 e. The van der Waals surface area contributed by atoms with Gasteiger partial charge < -0.3 is 9.47 Å². The molecule has 9 heteroatoms. The van der Waals surface area contributed by atoms with Gasteiger partial charge in [-0.3, -0.25) is 0 Å². The van der Waals surface area contributed by atoms with Crippen molar-refractivity contribution in [1.82, 2.24) is 0 Å². The smallest absolute Gasteiger partial charge is 0.416 e. The van der Waals surface area contributed by atoms with Crippen LogP contribution in [0, 0.1) is 0 Å². The first-order valence-electron chi connectivity index (χ1n) is 6.59. The van der Waals surface area contributed by atoms with Crippen molar-refractivity contribution in [2.24, 2.45) is 0 Å². The molecule has 1 aliphatic rings. The van der Waals surface area contributed by atoms with Gasteiger partial charge in [0.25, 0.3) is 0 Å². The fraction of sp³-hybridized carbons (Fsp3) is 0.500. The Kier molecular flexibility index (Phi) is 4.61. The molecule has 0 spiro atoms. The first-order chi connectivity index (χ1) is 10.5. The maximum atomic E-state index is 12.7. The summed E-state index contributed by atoms with van der Waals surface area (Å²) in [5.41, 5.74) is -3.92. The molecule has 1 saturated heterocycles. The molecule has 2 atom stereocenters. The van der Waals surface area contributed by atoms with Crippen molar-refractivity contribution in [1.29, 1.82) is 0 Å². The fourth-order valence-corrected chi connectivity index (χ4v) is 2.15. The average Bonchev–Trinajstić information content (AvgIpc) is 2.81. The quantitative estimate of drug-likeness (QED) is 0.601. The minimum atomic E-state index is -5.01. The lowest BCUT2D eigenvalue weighted by atomic mass is 10.0. The van der Waals surface area contributed by atoms with Crippen LogP contribution in [0.5, 0.6) is 0 Å².